The number of carbonyl (C=O) groups is 2. The maximum Gasteiger partial charge on any atom is 0.416 e. The van der Waals surface area contributed by atoms with Gasteiger partial charge in [0.25, 0.3) is 5.91 Å². The van der Waals surface area contributed by atoms with Crippen LogP contribution in [0.25, 0.3) is 0 Å². The van der Waals surface area contributed by atoms with Crippen LogP contribution >= 0.6 is 11.8 Å². The molecule has 10 heteroatoms. The van der Waals surface area contributed by atoms with E-state index < -0.39 is 36.4 Å². The Labute approximate surface area is 215 Å². The van der Waals surface area contributed by atoms with E-state index in [0.29, 0.717) is 12.1 Å². The Balaban J connectivity index is 2.24. The first-order valence-corrected chi connectivity index (χ1v) is 12.8. The van der Waals surface area contributed by atoms with Gasteiger partial charge in [0.2, 0.25) is 0 Å². The molecular weight excluding hydrogens is 491 g/mol. The maximum atomic E-state index is 13.3. The van der Waals surface area contributed by atoms with Crippen LogP contribution < -0.4 is 5.32 Å². The summed E-state index contributed by atoms with van der Waals surface area (Å²) < 4.78 is 45.3. The van der Waals surface area contributed by atoms with Gasteiger partial charge < -0.3 is 10.1 Å². The van der Waals surface area contributed by atoms with Crippen molar-refractivity contribution in [2.24, 2.45) is 5.92 Å². The first-order chi connectivity index (χ1) is 16.8. The van der Waals surface area contributed by atoms with Crippen LogP contribution in [0.5, 0.6) is 0 Å². The predicted octanol–water partition coefficient (Wildman–Crippen LogP) is 5.64. The third kappa shape index (κ3) is 8.44. The molecule has 1 N–H and O–H groups in total. The second-order valence-electron chi connectivity index (χ2n) is 9.09. The highest BCUT2D eigenvalue weighted by molar-refractivity contribution is 7.98. The molecule has 0 aromatic heterocycles. The summed E-state index contributed by atoms with van der Waals surface area (Å²) in [4.78, 5) is 29.9. The average molecular weight is 526 g/mol. The number of halogens is 3. The minimum Gasteiger partial charge on any atom is -0.439 e. The largest absolute Gasteiger partial charge is 0.439 e. The van der Waals surface area contributed by atoms with Gasteiger partial charge in [0.05, 0.1) is 17.8 Å². The van der Waals surface area contributed by atoms with E-state index in [1.165, 1.54) is 28.8 Å². The molecule has 2 unspecified atom stereocenters. The molecule has 0 bridgehead atoms. The van der Waals surface area contributed by atoms with Crippen LogP contribution in [0.1, 0.15) is 43.5 Å². The molecule has 2 atom stereocenters. The Morgan fingerprint density at radius 1 is 1.03 bits per heavy atom. The van der Waals surface area contributed by atoms with Crippen molar-refractivity contribution in [2.75, 3.05) is 33.5 Å². The molecule has 2 rings (SSSR count). The van der Waals surface area contributed by atoms with E-state index in [0.717, 1.165) is 17.0 Å². The van der Waals surface area contributed by atoms with Crippen molar-refractivity contribution in [3.8, 4) is 0 Å². The normalized spacial score (nSPS) is 13.4. The van der Waals surface area contributed by atoms with E-state index in [1.54, 1.807) is 12.1 Å². The zero-order chi connectivity index (χ0) is 27.0. The molecule has 2 amide bonds. The molecule has 0 aliphatic heterocycles. The number of thioether (sulfide) groups is 1. The highest BCUT2D eigenvalue weighted by Gasteiger charge is 2.31. The number of hydrogen-bond donors (Lipinski definition) is 1. The second kappa shape index (κ2) is 13.0. The molecule has 0 heterocycles. The van der Waals surface area contributed by atoms with Crippen molar-refractivity contribution >= 4 is 23.8 Å². The van der Waals surface area contributed by atoms with Gasteiger partial charge in [0.1, 0.15) is 0 Å². The smallest absolute Gasteiger partial charge is 0.416 e. The molecule has 198 valence electrons. The van der Waals surface area contributed by atoms with Crippen LogP contribution in [0.15, 0.2) is 53.4 Å². The quantitative estimate of drug-likeness (QED) is 0.322. The van der Waals surface area contributed by atoms with Gasteiger partial charge in [0.15, 0.2) is 6.61 Å². The zero-order valence-electron chi connectivity index (χ0n) is 21.4. The average Bonchev–Trinajstić information content (AvgIpc) is 2.83. The number of hydrogen-bond acceptors (Lipinski definition) is 5. The zero-order valence-corrected chi connectivity index (χ0v) is 22.2. The molecule has 6 nitrogen and oxygen atoms in total. The molecular formula is C26H34F3N3O3S. The van der Waals surface area contributed by atoms with Gasteiger partial charge in [-0.15, -0.1) is 11.8 Å². The van der Waals surface area contributed by atoms with Crippen LogP contribution in [0.4, 0.5) is 18.0 Å². The third-order valence-corrected chi connectivity index (χ3v) is 6.37. The standard InChI is InChI=1S/C26H34F3N3O3S/c1-17(2)15-32(18(3)31(4)5)25(34)35-16-23(33)30-24(19-10-12-22(36-6)13-11-19)20-8-7-9-21(14-20)26(27,28)29/h7-14,17-18,24H,15-16H2,1-6H3,(H,30,33). The Hall–Kier alpha value is -2.72. The molecule has 36 heavy (non-hydrogen) atoms. The molecule has 0 radical (unpaired) electrons. The highest BCUT2D eigenvalue weighted by Crippen LogP contribution is 2.32. The van der Waals surface area contributed by atoms with Gasteiger partial charge in [-0.1, -0.05) is 38.1 Å². The third-order valence-electron chi connectivity index (χ3n) is 5.62. The number of amides is 2. The van der Waals surface area contributed by atoms with Crippen molar-refractivity contribution in [3.05, 3.63) is 65.2 Å². The minimum absolute atomic E-state index is 0.184. The summed E-state index contributed by atoms with van der Waals surface area (Å²) in [6.45, 7) is 5.67. The van der Waals surface area contributed by atoms with Crippen LogP contribution in [0.2, 0.25) is 0 Å². The molecule has 2 aromatic carbocycles. The van der Waals surface area contributed by atoms with Gasteiger partial charge in [-0.3, -0.25) is 14.6 Å². The Morgan fingerprint density at radius 2 is 1.67 bits per heavy atom. The first kappa shape index (κ1) is 29.5. The van der Waals surface area contributed by atoms with Gasteiger partial charge in [-0.25, -0.2) is 4.79 Å². The van der Waals surface area contributed by atoms with Crippen LogP contribution in [-0.4, -0.2) is 61.5 Å². The molecule has 0 saturated heterocycles. The predicted molar refractivity (Wildman–Crippen MR) is 136 cm³/mol. The van der Waals surface area contributed by atoms with Crippen molar-refractivity contribution in [1.82, 2.24) is 15.1 Å². The summed E-state index contributed by atoms with van der Waals surface area (Å²) in [5, 5.41) is 2.73. The molecule has 0 fully saturated rings. The second-order valence-corrected chi connectivity index (χ2v) is 9.97. The summed E-state index contributed by atoms with van der Waals surface area (Å²) in [6.07, 6.45) is -3.50. The van der Waals surface area contributed by atoms with E-state index in [2.05, 4.69) is 5.32 Å². The minimum atomic E-state index is -4.52. The molecule has 2 aromatic rings. The van der Waals surface area contributed by atoms with E-state index in [4.69, 9.17) is 4.74 Å². The van der Waals surface area contributed by atoms with Crippen LogP contribution in [0, 0.1) is 5.92 Å². The van der Waals surface area contributed by atoms with E-state index in [9.17, 15) is 22.8 Å². The van der Waals surface area contributed by atoms with Crippen LogP contribution in [-0.2, 0) is 15.7 Å². The first-order valence-electron chi connectivity index (χ1n) is 11.5. The summed E-state index contributed by atoms with van der Waals surface area (Å²) in [5.74, 6) is -0.440. The van der Waals surface area contributed by atoms with E-state index in [-0.39, 0.29) is 17.6 Å². The van der Waals surface area contributed by atoms with Crippen molar-refractivity contribution in [3.63, 3.8) is 0 Å². The number of nitrogens with zero attached hydrogens (tertiary/aromatic N) is 2. The number of rotatable bonds is 10. The Morgan fingerprint density at radius 3 is 2.19 bits per heavy atom. The summed E-state index contributed by atoms with van der Waals surface area (Å²) in [5.41, 5.74) is 0.0620. The molecule has 0 aliphatic carbocycles. The van der Waals surface area contributed by atoms with Gasteiger partial charge in [-0.2, -0.15) is 13.2 Å². The van der Waals surface area contributed by atoms with Crippen molar-refractivity contribution in [2.45, 2.75) is 44.1 Å². The van der Waals surface area contributed by atoms with Crippen LogP contribution in [0.3, 0.4) is 0 Å². The Kier molecular flexibility index (Phi) is 10.7. The fourth-order valence-corrected chi connectivity index (χ4v) is 3.92. The lowest BCUT2D eigenvalue weighted by atomic mass is 9.97. The summed E-state index contributed by atoms with van der Waals surface area (Å²) in [7, 11) is 3.67. The SMILES string of the molecule is CSc1ccc(C(NC(=O)COC(=O)N(CC(C)C)C(C)N(C)C)c2cccc(C(F)(F)F)c2)cc1. The molecule has 0 aliphatic rings. The van der Waals surface area contributed by atoms with Gasteiger partial charge in [-0.05, 0) is 68.6 Å². The topological polar surface area (TPSA) is 61.9 Å². The number of carbonyl (C=O) groups excluding carboxylic acids is 2. The molecule has 0 spiro atoms. The highest BCUT2D eigenvalue weighted by atomic mass is 32.2. The number of benzene rings is 2. The van der Waals surface area contributed by atoms with Gasteiger partial charge >= 0.3 is 12.3 Å². The van der Waals surface area contributed by atoms with E-state index >= 15 is 0 Å². The van der Waals surface area contributed by atoms with E-state index in [1.807, 2.05) is 58.2 Å². The number of alkyl halides is 3. The van der Waals surface area contributed by atoms with Gasteiger partial charge in [0, 0.05) is 11.4 Å². The monoisotopic (exact) mass is 525 g/mol. The number of nitrogens with one attached hydrogen (secondary N) is 1. The van der Waals surface area contributed by atoms with Crippen molar-refractivity contribution in [1.29, 1.82) is 0 Å². The van der Waals surface area contributed by atoms with Crippen molar-refractivity contribution < 1.29 is 27.5 Å². The number of ether oxygens (including phenoxy) is 1. The lowest BCUT2D eigenvalue weighted by Crippen LogP contribution is -2.48. The summed E-state index contributed by atoms with van der Waals surface area (Å²) in [6, 6.07) is 11.1. The lowest BCUT2D eigenvalue weighted by Gasteiger charge is -2.33. The fraction of sp³-hybridized carbons (Fsp3) is 0.462. The molecule has 0 saturated carbocycles. The summed E-state index contributed by atoms with van der Waals surface area (Å²) >= 11 is 1.53. The lowest BCUT2D eigenvalue weighted by molar-refractivity contribution is -0.137. The Bertz CT molecular complexity index is 1010. The fourth-order valence-electron chi connectivity index (χ4n) is 3.51. The maximum absolute atomic E-state index is 13.3.